The average molecular weight is 320 g/mol. The molecule has 2 aromatic carbocycles. The van der Waals surface area contributed by atoms with Crippen LogP contribution in [0.15, 0.2) is 46.9 Å². The number of hydrogen-bond donors (Lipinski definition) is 2. The van der Waals surface area contributed by atoms with Gasteiger partial charge in [-0.2, -0.15) is 0 Å². The molecular formula is C15H14BrNO2. The number of carbonyl (C=O) groups is 1. The third-order valence-electron chi connectivity index (χ3n) is 3.11. The van der Waals surface area contributed by atoms with E-state index in [1.54, 1.807) is 12.1 Å². The predicted molar refractivity (Wildman–Crippen MR) is 79.5 cm³/mol. The number of benzene rings is 2. The Hall–Kier alpha value is -1.81. The number of anilines is 1. The fourth-order valence-electron chi connectivity index (χ4n) is 2.06. The van der Waals surface area contributed by atoms with E-state index in [-0.39, 0.29) is 11.7 Å². The fraction of sp³-hybridized carbons (Fsp3) is 0.133. The van der Waals surface area contributed by atoms with Gasteiger partial charge in [0, 0.05) is 10.4 Å². The summed E-state index contributed by atoms with van der Waals surface area (Å²) in [7, 11) is 0. The largest absolute Gasteiger partial charge is 0.508 e. The zero-order chi connectivity index (χ0) is 13.8. The summed E-state index contributed by atoms with van der Waals surface area (Å²) in [5.41, 5.74) is 2.87. The summed E-state index contributed by atoms with van der Waals surface area (Å²) >= 11 is 3.44. The summed E-state index contributed by atoms with van der Waals surface area (Å²) in [6.45, 7) is 2.06. The Kier molecular flexibility index (Phi) is 4.22. The van der Waals surface area contributed by atoms with Gasteiger partial charge in [0.1, 0.15) is 5.75 Å². The van der Waals surface area contributed by atoms with E-state index >= 15 is 0 Å². The molecule has 0 aliphatic rings. The third-order valence-corrected chi connectivity index (χ3v) is 3.77. The summed E-state index contributed by atoms with van der Waals surface area (Å²) in [6.07, 6.45) is 0.674. The Morgan fingerprint density at radius 3 is 2.53 bits per heavy atom. The van der Waals surface area contributed by atoms with Gasteiger partial charge in [0.25, 0.3) is 0 Å². The molecule has 0 spiro atoms. The van der Waals surface area contributed by atoms with Crippen LogP contribution in [0.3, 0.4) is 0 Å². The Balaban J connectivity index is 2.43. The van der Waals surface area contributed by atoms with Crippen molar-refractivity contribution < 1.29 is 9.90 Å². The van der Waals surface area contributed by atoms with Crippen molar-refractivity contribution in [2.45, 2.75) is 12.8 Å². The Labute approximate surface area is 120 Å². The fourth-order valence-corrected chi connectivity index (χ4v) is 2.55. The van der Waals surface area contributed by atoms with Gasteiger partial charge >= 0.3 is 0 Å². The number of rotatable bonds is 4. The summed E-state index contributed by atoms with van der Waals surface area (Å²) in [5.74, 6) is 0.358. The maximum Gasteiger partial charge on any atom is 0.211 e. The van der Waals surface area contributed by atoms with Crippen LogP contribution in [0, 0.1) is 0 Å². The highest BCUT2D eigenvalue weighted by Gasteiger charge is 2.14. The maximum absolute atomic E-state index is 10.7. The van der Waals surface area contributed by atoms with Crippen LogP contribution in [0.1, 0.15) is 24.0 Å². The van der Waals surface area contributed by atoms with Crippen LogP contribution in [0.25, 0.3) is 0 Å². The molecule has 1 unspecified atom stereocenters. The van der Waals surface area contributed by atoms with Crippen molar-refractivity contribution in [3.05, 3.63) is 58.1 Å². The van der Waals surface area contributed by atoms with Crippen LogP contribution in [0.5, 0.6) is 5.75 Å². The smallest absolute Gasteiger partial charge is 0.211 e. The molecule has 2 N–H and O–H groups in total. The van der Waals surface area contributed by atoms with E-state index in [1.807, 2.05) is 30.3 Å². The Morgan fingerprint density at radius 1 is 1.21 bits per heavy atom. The van der Waals surface area contributed by atoms with Crippen LogP contribution in [-0.2, 0) is 4.79 Å². The number of phenolic OH excluding ortho intramolecular Hbond substituents is 1. The molecular weight excluding hydrogens is 306 g/mol. The predicted octanol–water partition coefficient (Wildman–Crippen LogP) is 3.87. The molecule has 19 heavy (non-hydrogen) atoms. The lowest BCUT2D eigenvalue weighted by atomic mass is 9.92. The van der Waals surface area contributed by atoms with Crippen molar-refractivity contribution in [1.29, 1.82) is 0 Å². The highest BCUT2D eigenvalue weighted by molar-refractivity contribution is 9.10. The second-order valence-electron chi connectivity index (χ2n) is 4.28. The quantitative estimate of drug-likeness (QED) is 0.840. The Morgan fingerprint density at radius 2 is 1.89 bits per heavy atom. The summed E-state index contributed by atoms with van der Waals surface area (Å²) in [4.78, 5) is 10.7. The molecule has 0 bridgehead atoms. The highest BCUT2D eigenvalue weighted by atomic mass is 79.9. The van der Waals surface area contributed by atoms with Gasteiger partial charge in [-0.3, -0.25) is 4.79 Å². The molecule has 1 amide bonds. The van der Waals surface area contributed by atoms with Gasteiger partial charge in [-0.1, -0.05) is 31.2 Å². The molecule has 0 fully saturated rings. The molecule has 3 nitrogen and oxygen atoms in total. The minimum Gasteiger partial charge on any atom is -0.508 e. The second kappa shape index (κ2) is 5.89. The van der Waals surface area contributed by atoms with Gasteiger partial charge in [-0.25, -0.2) is 0 Å². The lowest BCUT2D eigenvalue weighted by Crippen LogP contribution is -2.04. The summed E-state index contributed by atoms with van der Waals surface area (Å²) in [6, 6.07) is 12.9. The number of nitrogens with one attached hydrogen (secondary N) is 1. The van der Waals surface area contributed by atoms with Crippen molar-refractivity contribution in [3.63, 3.8) is 0 Å². The van der Waals surface area contributed by atoms with Crippen LogP contribution >= 0.6 is 15.9 Å². The van der Waals surface area contributed by atoms with Gasteiger partial charge < -0.3 is 10.4 Å². The van der Waals surface area contributed by atoms with Crippen LogP contribution in [-0.4, -0.2) is 11.5 Å². The van der Waals surface area contributed by atoms with Gasteiger partial charge in [0.05, 0.1) is 5.69 Å². The van der Waals surface area contributed by atoms with E-state index in [9.17, 15) is 9.90 Å². The van der Waals surface area contributed by atoms with E-state index in [0.29, 0.717) is 6.41 Å². The number of carbonyl (C=O) groups excluding carboxylic acids is 1. The molecule has 0 aliphatic heterocycles. The molecule has 4 heteroatoms. The summed E-state index contributed by atoms with van der Waals surface area (Å²) in [5, 5.41) is 12.1. The van der Waals surface area contributed by atoms with Crippen molar-refractivity contribution in [2.24, 2.45) is 0 Å². The lowest BCUT2D eigenvalue weighted by Gasteiger charge is -2.17. The van der Waals surface area contributed by atoms with E-state index in [2.05, 4.69) is 28.2 Å². The zero-order valence-electron chi connectivity index (χ0n) is 10.4. The van der Waals surface area contributed by atoms with Crippen molar-refractivity contribution in [2.75, 3.05) is 5.32 Å². The first-order valence-corrected chi connectivity index (χ1v) is 6.70. The van der Waals surface area contributed by atoms with E-state index < -0.39 is 0 Å². The maximum atomic E-state index is 10.7. The van der Waals surface area contributed by atoms with Gasteiger partial charge in [-0.05, 0) is 45.3 Å². The van der Waals surface area contributed by atoms with Gasteiger partial charge in [0.15, 0.2) is 0 Å². The third kappa shape index (κ3) is 2.96. The minimum atomic E-state index is 0.112. The van der Waals surface area contributed by atoms with E-state index in [4.69, 9.17) is 0 Å². The minimum absolute atomic E-state index is 0.112. The van der Waals surface area contributed by atoms with Crippen molar-refractivity contribution in [3.8, 4) is 5.75 Å². The van der Waals surface area contributed by atoms with E-state index in [0.717, 1.165) is 21.3 Å². The number of aromatic hydroxyl groups is 1. The normalized spacial score (nSPS) is 11.9. The summed E-state index contributed by atoms with van der Waals surface area (Å²) < 4.78 is 0.850. The van der Waals surface area contributed by atoms with Gasteiger partial charge in [-0.15, -0.1) is 0 Å². The first kappa shape index (κ1) is 13.6. The molecule has 2 aromatic rings. The molecule has 0 aliphatic carbocycles. The zero-order valence-corrected chi connectivity index (χ0v) is 12.0. The number of hydrogen-bond acceptors (Lipinski definition) is 2. The average Bonchev–Trinajstić information content (AvgIpc) is 2.41. The number of amides is 1. The molecule has 0 radical (unpaired) electrons. The van der Waals surface area contributed by atoms with Crippen LogP contribution < -0.4 is 5.32 Å². The SMILES string of the molecule is CC(c1ccc(O)cc1)c1cccc(Br)c1NC=O. The molecule has 0 heterocycles. The second-order valence-corrected chi connectivity index (χ2v) is 5.13. The number of halogens is 1. The molecule has 0 saturated carbocycles. The molecule has 0 saturated heterocycles. The van der Waals surface area contributed by atoms with Crippen LogP contribution in [0.4, 0.5) is 5.69 Å². The first-order valence-electron chi connectivity index (χ1n) is 5.91. The Bertz CT molecular complexity index is 581. The topological polar surface area (TPSA) is 49.3 Å². The van der Waals surface area contributed by atoms with Crippen LogP contribution in [0.2, 0.25) is 0 Å². The number of para-hydroxylation sites is 1. The van der Waals surface area contributed by atoms with Gasteiger partial charge in [0.2, 0.25) is 6.41 Å². The van der Waals surface area contributed by atoms with E-state index in [1.165, 1.54) is 0 Å². The molecule has 2 rings (SSSR count). The lowest BCUT2D eigenvalue weighted by molar-refractivity contribution is -0.105. The van der Waals surface area contributed by atoms with Crippen molar-refractivity contribution in [1.82, 2.24) is 0 Å². The molecule has 1 atom stereocenters. The molecule has 98 valence electrons. The highest BCUT2D eigenvalue weighted by Crippen LogP contribution is 2.35. The number of phenols is 1. The standard InChI is InChI=1S/C15H14BrNO2/c1-10(11-5-7-12(19)8-6-11)13-3-2-4-14(16)15(13)17-9-18/h2-10,19H,1H3,(H,17,18). The monoisotopic (exact) mass is 319 g/mol. The first-order chi connectivity index (χ1) is 9.13. The van der Waals surface area contributed by atoms with Crippen molar-refractivity contribution >= 4 is 28.0 Å². The molecule has 0 aromatic heterocycles.